The highest BCUT2D eigenvalue weighted by Crippen LogP contribution is 2.47. The normalized spacial score (nSPS) is 11.6. The van der Waals surface area contributed by atoms with Gasteiger partial charge >= 0.3 is 5.69 Å². The monoisotopic (exact) mass is 598 g/mol. The average molecular weight is 600 g/mol. The number of aromatic nitrogens is 4. The summed E-state index contributed by atoms with van der Waals surface area (Å²) in [6.45, 7) is 3.85. The Morgan fingerprint density at radius 2 is 1.69 bits per heavy atom. The fourth-order valence-corrected chi connectivity index (χ4v) is 6.71. The first-order valence-corrected chi connectivity index (χ1v) is 13.7. The van der Waals surface area contributed by atoms with E-state index in [2.05, 4.69) is 10.1 Å². The van der Waals surface area contributed by atoms with Gasteiger partial charge in [-0.1, -0.05) is 71.2 Å². The molecule has 0 radical (unpaired) electrons. The van der Waals surface area contributed by atoms with E-state index in [1.54, 1.807) is 12.1 Å². The minimum atomic E-state index is -0.760. The van der Waals surface area contributed by atoms with Crippen LogP contribution in [0.4, 0.5) is 0 Å². The number of aliphatic hydroxyl groups is 1. The summed E-state index contributed by atoms with van der Waals surface area (Å²) in [6.07, 6.45) is 1.00. The zero-order valence-corrected chi connectivity index (χ0v) is 23.8. The molecule has 0 saturated carbocycles. The first-order valence-electron chi connectivity index (χ1n) is 11.7. The van der Waals surface area contributed by atoms with Gasteiger partial charge in [0.25, 0.3) is 5.56 Å². The molecule has 0 aliphatic rings. The zero-order chi connectivity index (χ0) is 27.9. The average Bonchev–Trinajstić information content (AvgIpc) is 3.35. The first kappa shape index (κ1) is 27.3. The molecular formula is C28H21Cl3N4O3S. The molecule has 0 bridgehead atoms. The van der Waals surface area contributed by atoms with Crippen LogP contribution in [0.25, 0.3) is 27.4 Å². The third-order valence-corrected chi connectivity index (χ3v) is 8.63. The quantitative estimate of drug-likeness (QED) is 0.232. The molecule has 0 aliphatic heterocycles. The summed E-state index contributed by atoms with van der Waals surface area (Å²) in [5.74, 6) is 0. The lowest BCUT2D eigenvalue weighted by molar-refractivity contribution is 0.282. The van der Waals surface area contributed by atoms with Crippen molar-refractivity contribution in [1.82, 2.24) is 19.7 Å². The van der Waals surface area contributed by atoms with Crippen molar-refractivity contribution in [2.45, 2.75) is 25.9 Å². The van der Waals surface area contributed by atoms with Crippen LogP contribution in [-0.2, 0) is 12.0 Å². The molecule has 2 aromatic heterocycles. The Kier molecular flexibility index (Phi) is 7.50. The second-order valence-corrected chi connectivity index (χ2v) is 11.5. The molecule has 7 nitrogen and oxygen atoms in total. The zero-order valence-electron chi connectivity index (χ0n) is 20.7. The van der Waals surface area contributed by atoms with Crippen LogP contribution in [0.3, 0.4) is 0 Å². The number of hydrogen-bond donors (Lipinski definition) is 2. The highest BCUT2D eigenvalue weighted by molar-refractivity contribution is 7.16. The van der Waals surface area contributed by atoms with Gasteiger partial charge in [0.1, 0.15) is 11.2 Å². The summed E-state index contributed by atoms with van der Waals surface area (Å²) in [5, 5.41) is 15.5. The smallest absolute Gasteiger partial charge is 0.349 e. The lowest BCUT2D eigenvalue weighted by Crippen LogP contribution is -2.30. The van der Waals surface area contributed by atoms with Crippen molar-refractivity contribution in [3.8, 4) is 27.4 Å². The molecule has 39 heavy (non-hydrogen) atoms. The van der Waals surface area contributed by atoms with Crippen molar-refractivity contribution < 1.29 is 5.11 Å². The standard InChI is InChI=1S/C28H21Cl3N4O3S/c1-28(2,23-20(30)11-17(12-21(23)31)35-27(38)33-22(37)13-32-35)26-34-24(18-8-3-4-9-19(18)29)25(39-26)16-7-5-6-15(10-16)14-36/h3-13,36H,14H2,1-2H3,(H,33,37,38). The molecule has 0 spiro atoms. The molecule has 5 aromatic rings. The van der Waals surface area contributed by atoms with E-state index >= 15 is 0 Å². The topological polar surface area (TPSA) is 101 Å². The molecule has 0 fully saturated rings. The number of aliphatic hydroxyl groups excluding tert-OH is 1. The fraction of sp³-hybridized carbons (Fsp3) is 0.143. The maximum absolute atomic E-state index is 12.3. The third-order valence-electron chi connectivity index (χ3n) is 6.27. The first-order chi connectivity index (χ1) is 18.6. The summed E-state index contributed by atoms with van der Waals surface area (Å²) >= 11 is 21.6. The second kappa shape index (κ2) is 10.7. The van der Waals surface area contributed by atoms with Crippen LogP contribution < -0.4 is 11.2 Å². The van der Waals surface area contributed by atoms with Gasteiger partial charge in [0.15, 0.2) is 0 Å². The Bertz CT molecular complexity index is 1800. The van der Waals surface area contributed by atoms with Gasteiger partial charge in [0.05, 0.1) is 27.9 Å². The van der Waals surface area contributed by atoms with Crippen molar-refractivity contribution in [3.63, 3.8) is 0 Å². The number of rotatable bonds is 6. The Labute approximate surface area is 242 Å². The molecule has 0 aliphatic carbocycles. The molecule has 0 atom stereocenters. The summed E-state index contributed by atoms with van der Waals surface area (Å²) in [7, 11) is 0. The van der Waals surface area contributed by atoms with Gasteiger partial charge in [0.2, 0.25) is 0 Å². The van der Waals surface area contributed by atoms with E-state index in [1.165, 1.54) is 11.3 Å². The van der Waals surface area contributed by atoms with Crippen LogP contribution >= 0.6 is 46.1 Å². The van der Waals surface area contributed by atoms with Crippen LogP contribution in [0.5, 0.6) is 0 Å². The number of aromatic amines is 1. The van der Waals surface area contributed by atoms with Crippen molar-refractivity contribution in [2.24, 2.45) is 0 Å². The molecule has 0 saturated heterocycles. The molecular weight excluding hydrogens is 579 g/mol. The van der Waals surface area contributed by atoms with Gasteiger partial charge < -0.3 is 5.11 Å². The van der Waals surface area contributed by atoms with Crippen LogP contribution in [0.15, 0.2) is 76.4 Å². The van der Waals surface area contributed by atoms with Gasteiger partial charge in [-0.3, -0.25) is 9.78 Å². The fourth-order valence-electron chi connectivity index (χ4n) is 4.35. The van der Waals surface area contributed by atoms with Crippen molar-refractivity contribution in [3.05, 3.63) is 119 Å². The number of halogens is 3. The number of thiazole rings is 1. The lowest BCUT2D eigenvalue weighted by atomic mass is 9.85. The predicted molar refractivity (Wildman–Crippen MR) is 157 cm³/mol. The maximum atomic E-state index is 12.3. The summed E-state index contributed by atoms with van der Waals surface area (Å²) < 4.78 is 1.01. The van der Waals surface area contributed by atoms with Gasteiger partial charge in [0, 0.05) is 26.6 Å². The van der Waals surface area contributed by atoms with Crippen molar-refractivity contribution >= 4 is 46.1 Å². The van der Waals surface area contributed by atoms with Crippen molar-refractivity contribution in [2.75, 3.05) is 0 Å². The molecule has 11 heteroatoms. The van der Waals surface area contributed by atoms with Gasteiger partial charge in [-0.05, 0) is 49.2 Å². The van der Waals surface area contributed by atoms with E-state index in [0.29, 0.717) is 32.0 Å². The van der Waals surface area contributed by atoms with E-state index in [9.17, 15) is 14.7 Å². The van der Waals surface area contributed by atoms with E-state index in [1.807, 2.05) is 62.4 Å². The van der Waals surface area contributed by atoms with E-state index < -0.39 is 16.7 Å². The minimum Gasteiger partial charge on any atom is -0.392 e. The molecule has 2 N–H and O–H groups in total. The predicted octanol–water partition coefficient (Wildman–Crippen LogP) is 6.49. The Balaban J connectivity index is 1.68. The van der Waals surface area contributed by atoms with Gasteiger partial charge in [-0.15, -0.1) is 11.3 Å². The van der Waals surface area contributed by atoms with Gasteiger partial charge in [-0.25, -0.2) is 9.78 Å². The maximum Gasteiger partial charge on any atom is 0.349 e. The number of nitrogens with zero attached hydrogens (tertiary/aromatic N) is 3. The Morgan fingerprint density at radius 1 is 0.974 bits per heavy atom. The Hall–Kier alpha value is -3.27. The van der Waals surface area contributed by atoms with Gasteiger partial charge in [-0.2, -0.15) is 9.78 Å². The number of benzene rings is 3. The van der Waals surface area contributed by atoms with E-state index in [-0.39, 0.29) is 6.61 Å². The van der Waals surface area contributed by atoms with Crippen LogP contribution in [0, 0.1) is 0 Å². The second-order valence-electron chi connectivity index (χ2n) is 9.30. The minimum absolute atomic E-state index is 0.0861. The third kappa shape index (κ3) is 5.18. The molecule has 0 unspecified atom stereocenters. The molecule has 198 valence electrons. The van der Waals surface area contributed by atoms with E-state index in [4.69, 9.17) is 39.8 Å². The number of H-pyrrole nitrogens is 1. The summed E-state index contributed by atoms with van der Waals surface area (Å²) in [5.41, 5.74) is 2.00. The largest absolute Gasteiger partial charge is 0.392 e. The molecule has 5 rings (SSSR count). The Morgan fingerprint density at radius 3 is 2.36 bits per heavy atom. The SMILES string of the molecule is CC(C)(c1nc(-c2ccccc2Cl)c(-c2cccc(CO)c2)s1)c1c(Cl)cc(-n2ncc(=O)[nH]c2=O)cc1Cl. The summed E-state index contributed by atoms with van der Waals surface area (Å²) in [4.78, 5) is 31.8. The molecule has 2 heterocycles. The highest BCUT2D eigenvalue weighted by atomic mass is 35.5. The lowest BCUT2D eigenvalue weighted by Gasteiger charge is -2.26. The molecule has 0 amide bonds. The number of hydrogen-bond acceptors (Lipinski definition) is 6. The molecule has 3 aromatic carbocycles. The highest BCUT2D eigenvalue weighted by Gasteiger charge is 2.34. The van der Waals surface area contributed by atoms with Crippen LogP contribution in [0.2, 0.25) is 15.1 Å². The summed E-state index contributed by atoms with van der Waals surface area (Å²) in [6, 6.07) is 18.3. The van der Waals surface area contributed by atoms with Crippen molar-refractivity contribution in [1.29, 1.82) is 0 Å². The van der Waals surface area contributed by atoms with Crippen LogP contribution in [0.1, 0.15) is 30.0 Å². The van der Waals surface area contributed by atoms with E-state index in [0.717, 1.165) is 37.5 Å². The van der Waals surface area contributed by atoms with Crippen LogP contribution in [-0.4, -0.2) is 24.9 Å². The number of nitrogens with one attached hydrogen (secondary N) is 1.